The predicted molar refractivity (Wildman–Crippen MR) is 41.9 cm³/mol. The van der Waals surface area contributed by atoms with Crippen molar-refractivity contribution in [3.05, 3.63) is 17.9 Å². The molecule has 0 fully saturated rings. The minimum Gasteiger partial charge on any atom is -0.157 e. The molecule has 0 bridgehead atoms. The fraction of sp³-hybridized carbons (Fsp3) is 0.571. The van der Waals surface area contributed by atoms with Crippen LogP contribution in [0.2, 0.25) is 0 Å². The van der Waals surface area contributed by atoms with Crippen LogP contribution in [0.5, 0.6) is 0 Å². The van der Waals surface area contributed by atoms with Crippen molar-refractivity contribution in [3.63, 3.8) is 0 Å². The van der Waals surface area contributed by atoms with Gasteiger partial charge in [0, 0.05) is 5.75 Å². The molecule has 0 N–H and O–H groups in total. The second-order valence-electron chi connectivity index (χ2n) is 1.46. The van der Waals surface area contributed by atoms with E-state index in [0.717, 1.165) is 0 Å². The predicted octanol–water partition coefficient (Wildman–Crippen LogP) is 2.87. The first-order chi connectivity index (χ1) is 3.91. The van der Waals surface area contributed by atoms with Gasteiger partial charge in [0.15, 0.2) is 0 Å². The molecule has 47 valence electrons. The zero-order valence-corrected chi connectivity index (χ0v) is 6.37. The van der Waals surface area contributed by atoms with Gasteiger partial charge in [0.05, 0.1) is 0 Å². The van der Waals surface area contributed by atoms with E-state index in [4.69, 9.17) is 0 Å². The van der Waals surface area contributed by atoms with Gasteiger partial charge in [0.2, 0.25) is 0 Å². The number of allylic oxidation sites excluding steroid dienone is 2. The smallest absolute Gasteiger partial charge is 0.0135 e. The summed E-state index contributed by atoms with van der Waals surface area (Å²) >= 11 is 1.87. The van der Waals surface area contributed by atoms with Gasteiger partial charge in [-0.05, 0) is 19.1 Å². The summed E-state index contributed by atoms with van der Waals surface area (Å²) < 4.78 is 0. The summed E-state index contributed by atoms with van der Waals surface area (Å²) in [6.45, 7) is 4.13. The van der Waals surface area contributed by atoms with E-state index in [1.807, 2.05) is 11.8 Å². The first-order valence-corrected chi connectivity index (χ1v) is 3.97. The van der Waals surface area contributed by atoms with Crippen LogP contribution in [0.15, 0.2) is 12.2 Å². The molecule has 8 heavy (non-hydrogen) atoms. The van der Waals surface area contributed by atoms with Crippen molar-refractivity contribution in [2.45, 2.75) is 20.3 Å². The minimum absolute atomic E-state index is 1.20. The molecule has 0 atom stereocenters. The quantitative estimate of drug-likeness (QED) is 0.415. The van der Waals surface area contributed by atoms with Crippen molar-refractivity contribution in [1.82, 2.24) is 0 Å². The zero-order chi connectivity index (χ0) is 6.24. The highest BCUT2D eigenvalue weighted by Crippen LogP contribution is 2.04. The van der Waals surface area contributed by atoms with Crippen molar-refractivity contribution < 1.29 is 0 Å². The minimum atomic E-state index is 1.20. The summed E-state index contributed by atoms with van der Waals surface area (Å²) in [5.74, 6) is 3.35. The maximum Gasteiger partial charge on any atom is 0.0135 e. The fourth-order valence-electron chi connectivity index (χ4n) is 0.421. The first kappa shape index (κ1) is 8.09. The van der Waals surface area contributed by atoms with E-state index < -0.39 is 0 Å². The van der Waals surface area contributed by atoms with Crippen molar-refractivity contribution in [3.8, 4) is 0 Å². The van der Waals surface area contributed by atoms with Gasteiger partial charge >= 0.3 is 0 Å². The third-order valence-corrected chi connectivity index (χ3v) is 1.61. The highest BCUT2D eigenvalue weighted by molar-refractivity contribution is 8.01. The Hall–Kier alpha value is 0.0900. The van der Waals surface area contributed by atoms with Crippen LogP contribution in [0.3, 0.4) is 0 Å². The second-order valence-corrected chi connectivity index (χ2v) is 2.68. The van der Waals surface area contributed by atoms with Gasteiger partial charge < -0.3 is 0 Å². The van der Waals surface area contributed by atoms with Gasteiger partial charge in [-0.15, -0.1) is 0 Å². The molecule has 0 aliphatic rings. The number of thioether (sulfide) groups is 1. The zero-order valence-electron chi connectivity index (χ0n) is 5.55. The van der Waals surface area contributed by atoms with E-state index in [9.17, 15) is 0 Å². The van der Waals surface area contributed by atoms with Crippen molar-refractivity contribution in [2.75, 3.05) is 5.75 Å². The monoisotopic (exact) mass is 129 g/mol. The lowest BCUT2D eigenvalue weighted by Crippen LogP contribution is -1.70. The van der Waals surface area contributed by atoms with Crippen LogP contribution >= 0.6 is 11.8 Å². The largest absolute Gasteiger partial charge is 0.157 e. The molecule has 0 heterocycles. The maximum absolute atomic E-state index is 2.19. The van der Waals surface area contributed by atoms with E-state index in [1.54, 1.807) is 0 Å². The normalized spacial score (nSPS) is 10.8. The summed E-state index contributed by atoms with van der Waals surface area (Å²) in [7, 11) is 0. The second kappa shape index (κ2) is 7.09. The van der Waals surface area contributed by atoms with Crippen LogP contribution in [0.1, 0.15) is 20.3 Å². The van der Waals surface area contributed by atoms with Crippen LogP contribution in [0.4, 0.5) is 0 Å². The van der Waals surface area contributed by atoms with Gasteiger partial charge in [-0.25, -0.2) is 0 Å². The van der Waals surface area contributed by atoms with Crippen LogP contribution in [-0.2, 0) is 0 Å². The summed E-state index contributed by atoms with van der Waals surface area (Å²) in [6, 6.07) is 0. The molecule has 0 spiro atoms. The van der Waals surface area contributed by atoms with Gasteiger partial charge in [0.25, 0.3) is 0 Å². The molecular weight excluding hydrogens is 116 g/mol. The van der Waals surface area contributed by atoms with Crippen molar-refractivity contribution in [1.29, 1.82) is 0 Å². The topological polar surface area (TPSA) is 0 Å². The van der Waals surface area contributed by atoms with E-state index >= 15 is 0 Å². The Labute approximate surface area is 56.4 Å². The van der Waals surface area contributed by atoms with Gasteiger partial charge in [-0.1, -0.05) is 19.1 Å². The molecule has 0 aliphatic carbocycles. The molecule has 0 saturated carbocycles. The molecule has 1 radical (unpaired) electrons. The number of rotatable bonds is 4. The molecule has 0 aliphatic heterocycles. The van der Waals surface area contributed by atoms with E-state index in [1.165, 1.54) is 12.2 Å². The van der Waals surface area contributed by atoms with Gasteiger partial charge in [0.1, 0.15) is 0 Å². The first-order valence-electron chi connectivity index (χ1n) is 2.92. The SMILES string of the molecule is C[CH]SCC/C=C/C. The van der Waals surface area contributed by atoms with Crippen molar-refractivity contribution in [2.24, 2.45) is 0 Å². The van der Waals surface area contributed by atoms with E-state index in [-0.39, 0.29) is 0 Å². The van der Waals surface area contributed by atoms with Gasteiger partial charge in [-0.3, -0.25) is 0 Å². The number of hydrogen-bond donors (Lipinski definition) is 0. The fourth-order valence-corrected chi connectivity index (χ4v) is 0.928. The Balaban J connectivity index is 2.72. The maximum atomic E-state index is 2.19. The molecule has 0 aromatic carbocycles. The lowest BCUT2D eigenvalue weighted by Gasteiger charge is -1.89. The Morgan fingerprint density at radius 2 is 2.12 bits per heavy atom. The average molecular weight is 129 g/mol. The molecule has 1 heteroatoms. The standard InChI is InChI=1S/C7H13S/c1-3-5-6-7-8-4-2/h3-5H,6-7H2,1-2H3/b5-3+. The summed E-state index contributed by atoms with van der Waals surface area (Å²) in [5.41, 5.74) is 0. The lowest BCUT2D eigenvalue weighted by molar-refractivity contribution is 1.24. The van der Waals surface area contributed by atoms with Crippen LogP contribution in [0.25, 0.3) is 0 Å². The summed E-state index contributed by atoms with van der Waals surface area (Å²) in [5, 5.41) is 0. The van der Waals surface area contributed by atoms with Crippen molar-refractivity contribution >= 4 is 11.8 Å². The van der Waals surface area contributed by atoms with E-state index in [2.05, 4.69) is 31.8 Å². The third-order valence-electron chi connectivity index (χ3n) is 0.805. The molecule has 0 nitrogen and oxygen atoms in total. The molecule has 0 aromatic heterocycles. The molecule has 0 rings (SSSR count). The Kier molecular flexibility index (Phi) is 7.17. The van der Waals surface area contributed by atoms with Crippen LogP contribution in [0, 0.1) is 5.75 Å². The Morgan fingerprint density at radius 1 is 1.38 bits per heavy atom. The average Bonchev–Trinajstić information content (AvgIpc) is 1.81. The molecule has 0 aromatic rings. The molecule has 0 unspecified atom stereocenters. The summed E-state index contributed by atoms with van der Waals surface area (Å²) in [4.78, 5) is 0. The Morgan fingerprint density at radius 3 is 2.62 bits per heavy atom. The van der Waals surface area contributed by atoms with Gasteiger partial charge in [-0.2, -0.15) is 11.8 Å². The highest BCUT2D eigenvalue weighted by atomic mass is 32.2. The lowest BCUT2D eigenvalue weighted by atomic mass is 10.4. The van der Waals surface area contributed by atoms with E-state index in [0.29, 0.717) is 0 Å². The van der Waals surface area contributed by atoms with Crippen LogP contribution in [-0.4, -0.2) is 5.75 Å². The number of hydrogen-bond acceptors (Lipinski definition) is 1. The highest BCUT2D eigenvalue weighted by Gasteiger charge is 1.78. The third kappa shape index (κ3) is 6.09. The summed E-state index contributed by atoms with van der Waals surface area (Å²) in [6.07, 6.45) is 5.48. The van der Waals surface area contributed by atoms with Crippen LogP contribution < -0.4 is 0 Å². The molecular formula is C7H13S. The molecule has 0 amide bonds. The molecule has 0 saturated heterocycles. The Bertz CT molecular complexity index is 57.4.